The molecule has 0 aliphatic carbocycles. The van der Waals surface area contributed by atoms with Crippen LogP contribution in [0.15, 0.2) is 77.1 Å². The van der Waals surface area contributed by atoms with E-state index in [1.54, 1.807) is 16.7 Å². The van der Waals surface area contributed by atoms with Gasteiger partial charge in [0.25, 0.3) is 5.56 Å². The van der Waals surface area contributed by atoms with E-state index in [1.165, 1.54) is 17.0 Å². The first-order valence-corrected chi connectivity index (χ1v) is 9.41. The van der Waals surface area contributed by atoms with E-state index in [0.29, 0.717) is 16.8 Å². The molecule has 0 aliphatic heterocycles. The third-order valence-electron chi connectivity index (χ3n) is 4.98. The fourth-order valence-electron chi connectivity index (χ4n) is 3.47. The van der Waals surface area contributed by atoms with E-state index in [4.69, 9.17) is 0 Å². The van der Waals surface area contributed by atoms with Gasteiger partial charge in [-0.15, -0.1) is 6.58 Å². The zero-order valence-electron chi connectivity index (χ0n) is 16.4. The van der Waals surface area contributed by atoms with Crippen molar-refractivity contribution < 1.29 is 0 Å². The molecule has 0 bridgehead atoms. The van der Waals surface area contributed by atoms with Gasteiger partial charge in [-0.1, -0.05) is 42.0 Å². The standard InChI is InChI=1S/C23H19N5O2/c1-3-12-27-22(29)20-21(28(23(27)30)19-10-8-16(2)9-11-19)25-15-26(20)14-18-7-5-4-6-17(18)13-24/h3-11,15H,1,12,14H2,2H3. The summed E-state index contributed by atoms with van der Waals surface area (Å²) >= 11 is 0. The summed E-state index contributed by atoms with van der Waals surface area (Å²) < 4.78 is 4.26. The van der Waals surface area contributed by atoms with Gasteiger partial charge in [0, 0.05) is 6.54 Å². The van der Waals surface area contributed by atoms with Crippen molar-refractivity contribution in [2.75, 3.05) is 0 Å². The number of aryl methyl sites for hydroxylation is 1. The largest absolute Gasteiger partial charge is 0.337 e. The second-order valence-corrected chi connectivity index (χ2v) is 6.97. The molecule has 7 heteroatoms. The van der Waals surface area contributed by atoms with Crippen LogP contribution >= 0.6 is 0 Å². The second-order valence-electron chi connectivity index (χ2n) is 6.97. The number of hydrogen-bond donors (Lipinski definition) is 0. The Morgan fingerprint density at radius 3 is 2.57 bits per heavy atom. The summed E-state index contributed by atoms with van der Waals surface area (Å²) in [6.45, 7) is 6.00. The normalized spacial score (nSPS) is 10.8. The van der Waals surface area contributed by atoms with Crippen LogP contribution in [0.25, 0.3) is 16.9 Å². The van der Waals surface area contributed by atoms with Crippen molar-refractivity contribution in [2.24, 2.45) is 0 Å². The molecule has 2 aromatic heterocycles. The second kappa shape index (κ2) is 7.68. The summed E-state index contributed by atoms with van der Waals surface area (Å²) in [5.41, 5.74) is 2.63. The SMILES string of the molecule is C=CCn1c(=O)c2c(ncn2Cc2ccccc2C#N)n(-c2ccc(C)cc2)c1=O. The number of hydrogen-bond acceptors (Lipinski definition) is 4. The average molecular weight is 397 g/mol. The molecule has 148 valence electrons. The van der Waals surface area contributed by atoms with E-state index >= 15 is 0 Å². The first-order valence-electron chi connectivity index (χ1n) is 9.41. The van der Waals surface area contributed by atoms with E-state index in [1.807, 2.05) is 43.3 Å². The fraction of sp³-hybridized carbons (Fsp3) is 0.130. The lowest BCUT2D eigenvalue weighted by Crippen LogP contribution is -2.39. The summed E-state index contributed by atoms with van der Waals surface area (Å²) in [4.78, 5) is 30.7. The molecule has 2 heterocycles. The van der Waals surface area contributed by atoms with E-state index in [-0.39, 0.29) is 18.7 Å². The maximum Gasteiger partial charge on any atom is 0.337 e. The Kier molecular flexibility index (Phi) is 4.90. The van der Waals surface area contributed by atoms with Crippen molar-refractivity contribution in [3.8, 4) is 11.8 Å². The van der Waals surface area contributed by atoms with E-state index in [9.17, 15) is 14.9 Å². The van der Waals surface area contributed by atoms with Gasteiger partial charge in [0.2, 0.25) is 0 Å². The van der Waals surface area contributed by atoms with Gasteiger partial charge in [-0.2, -0.15) is 5.26 Å². The monoisotopic (exact) mass is 397 g/mol. The van der Waals surface area contributed by atoms with Crippen molar-refractivity contribution >= 4 is 11.2 Å². The molecule has 0 saturated heterocycles. The van der Waals surface area contributed by atoms with Crippen LogP contribution in [0.5, 0.6) is 0 Å². The van der Waals surface area contributed by atoms with Gasteiger partial charge in [-0.25, -0.2) is 14.3 Å². The fourth-order valence-corrected chi connectivity index (χ4v) is 3.47. The minimum atomic E-state index is -0.473. The number of nitrogens with zero attached hydrogens (tertiary/aromatic N) is 5. The molecular formula is C23H19N5O2. The molecule has 0 aliphatic rings. The Balaban J connectivity index is 2.01. The molecule has 0 amide bonds. The highest BCUT2D eigenvalue weighted by Gasteiger charge is 2.19. The average Bonchev–Trinajstić information content (AvgIpc) is 3.16. The van der Waals surface area contributed by atoms with Gasteiger partial charge in [0.1, 0.15) is 0 Å². The summed E-state index contributed by atoms with van der Waals surface area (Å²) in [6.07, 6.45) is 3.04. The highest BCUT2D eigenvalue weighted by atomic mass is 16.2. The van der Waals surface area contributed by atoms with Crippen molar-refractivity contribution in [3.63, 3.8) is 0 Å². The van der Waals surface area contributed by atoms with Gasteiger partial charge < -0.3 is 4.57 Å². The molecule has 30 heavy (non-hydrogen) atoms. The van der Waals surface area contributed by atoms with Gasteiger partial charge in [-0.3, -0.25) is 9.36 Å². The van der Waals surface area contributed by atoms with Crippen molar-refractivity contribution in [1.82, 2.24) is 18.7 Å². The van der Waals surface area contributed by atoms with Crippen LogP contribution < -0.4 is 11.2 Å². The summed E-state index contributed by atoms with van der Waals surface area (Å²) in [6, 6.07) is 16.8. The van der Waals surface area contributed by atoms with Gasteiger partial charge in [-0.05, 0) is 30.7 Å². The lowest BCUT2D eigenvalue weighted by Gasteiger charge is -2.12. The molecule has 0 saturated carbocycles. The van der Waals surface area contributed by atoms with Crippen LogP contribution in [0, 0.1) is 18.3 Å². The van der Waals surface area contributed by atoms with Gasteiger partial charge in [0.15, 0.2) is 11.2 Å². The van der Waals surface area contributed by atoms with Crippen LogP contribution in [0.1, 0.15) is 16.7 Å². The minimum Gasteiger partial charge on any atom is -0.320 e. The zero-order chi connectivity index (χ0) is 21.3. The number of imidazole rings is 1. The number of aromatic nitrogens is 4. The molecule has 4 rings (SSSR count). The van der Waals surface area contributed by atoms with E-state index in [0.717, 1.165) is 15.7 Å². The third kappa shape index (κ3) is 3.14. The zero-order valence-corrected chi connectivity index (χ0v) is 16.4. The van der Waals surface area contributed by atoms with Gasteiger partial charge >= 0.3 is 5.69 Å². The lowest BCUT2D eigenvalue weighted by atomic mass is 10.1. The molecule has 0 radical (unpaired) electrons. The molecule has 2 aromatic carbocycles. The molecule has 0 atom stereocenters. The van der Waals surface area contributed by atoms with Crippen molar-refractivity contribution in [2.45, 2.75) is 20.0 Å². The first-order chi connectivity index (χ1) is 14.5. The van der Waals surface area contributed by atoms with Crippen LogP contribution in [0.3, 0.4) is 0 Å². The quantitative estimate of drug-likeness (QED) is 0.485. The Hall–Kier alpha value is -4.18. The predicted molar refractivity (Wildman–Crippen MR) is 115 cm³/mol. The smallest absolute Gasteiger partial charge is 0.320 e. The van der Waals surface area contributed by atoms with E-state index < -0.39 is 11.2 Å². The topological polar surface area (TPSA) is 85.6 Å². The van der Waals surface area contributed by atoms with Crippen LogP contribution in [0.4, 0.5) is 0 Å². The molecular weight excluding hydrogens is 378 g/mol. The molecule has 0 unspecified atom stereocenters. The molecule has 0 fully saturated rings. The molecule has 0 N–H and O–H groups in total. The van der Waals surface area contributed by atoms with Crippen LogP contribution in [-0.2, 0) is 13.1 Å². The minimum absolute atomic E-state index is 0.0828. The summed E-state index contributed by atoms with van der Waals surface area (Å²) in [7, 11) is 0. The molecule has 0 spiro atoms. The number of nitriles is 1. The van der Waals surface area contributed by atoms with E-state index in [2.05, 4.69) is 17.6 Å². The molecule has 4 aromatic rings. The van der Waals surface area contributed by atoms with Gasteiger partial charge in [0.05, 0.1) is 30.2 Å². The van der Waals surface area contributed by atoms with Crippen molar-refractivity contribution in [1.29, 1.82) is 5.26 Å². The number of rotatable bonds is 5. The van der Waals surface area contributed by atoms with Crippen LogP contribution in [0.2, 0.25) is 0 Å². The maximum absolute atomic E-state index is 13.2. The Morgan fingerprint density at radius 2 is 1.87 bits per heavy atom. The highest BCUT2D eigenvalue weighted by molar-refractivity contribution is 5.72. The van der Waals surface area contributed by atoms with Crippen LogP contribution in [-0.4, -0.2) is 18.7 Å². The first kappa shape index (κ1) is 19.2. The third-order valence-corrected chi connectivity index (χ3v) is 4.98. The Labute approximate surface area is 172 Å². The summed E-state index contributed by atoms with van der Waals surface area (Å²) in [5.74, 6) is 0. The molecule has 7 nitrogen and oxygen atoms in total. The summed E-state index contributed by atoms with van der Waals surface area (Å²) in [5, 5.41) is 9.38. The maximum atomic E-state index is 13.2. The van der Waals surface area contributed by atoms with Crippen molar-refractivity contribution in [3.05, 3.63) is 105 Å². The predicted octanol–water partition coefficient (Wildman–Crippen LogP) is 2.76. The highest BCUT2D eigenvalue weighted by Crippen LogP contribution is 2.16. The number of benzene rings is 2. The lowest BCUT2D eigenvalue weighted by molar-refractivity contribution is 0.690. The number of fused-ring (bicyclic) bond motifs is 1. The number of allylic oxidation sites excluding steroid dienone is 1. The Bertz CT molecular complexity index is 1420. The Morgan fingerprint density at radius 1 is 1.13 bits per heavy atom.